The molecule has 1 unspecified atom stereocenters. The smallest absolute Gasteiger partial charge is 0.271 e. The Morgan fingerprint density at radius 3 is 2.37 bits per heavy atom. The molecule has 8 nitrogen and oxygen atoms in total. The molecule has 1 N–H and O–H groups in total. The minimum Gasteiger partial charge on any atom is -0.493 e. The first-order valence-electron chi connectivity index (χ1n) is 12.5. The van der Waals surface area contributed by atoms with E-state index in [1.807, 2.05) is 13.0 Å². The number of halogens is 1. The van der Waals surface area contributed by atoms with Gasteiger partial charge >= 0.3 is 0 Å². The fraction of sp³-hybridized carbons (Fsp3) is 0.310. The summed E-state index contributed by atoms with van der Waals surface area (Å²) in [5.74, 6) is -1.08. The largest absolute Gasteiger partial charge is 0.493 e. The van der Waals surface area contributed by atoms with Gasteiger partial charge in [-0.3, -0.25) is 19.0 Å². The molecule has 194 valence electrons. The number of pyridine rings is 1. The van der Waals surface area contributed by atoms with E-state index in [0.717, 1.165) is 25.7 Å². The molecule has 1 aliphatic rings. The highest BCUT2D eigenvalue weighted by Gasteiger charge is 2.33. The van der Waals surface area contributed by atoms with Gasteiger partial charge in [0.2, 0.25) is 5.88 Å². The number of carbonyl (C=O) groups excluding carboxylic acids is 2. The highest BCUT2D eigenvalue weighted by atomic mass is 35.5. The van der Waals surface area contributed by atoms with Crippen molar-refractivity contribution in [3.63, 3.8) is 0 Å². The number of unbranched alkanes of at least 4 members (excludes halogenated alkanes) is 1. The number of azo groups is 1. The lowest BCUT2D eigenvalue weighted by atomic mass is 9.83. The molecule has 0 amide bonds. The topological polar surface area (TPSA) is 125 Å². The number of ketones is 2. The third-order valence-corrected chi connectivity index (χ3v) is 7.32. The molecule has 2 aromatic carbocycles. The SMILES string of the molecule is CCCCC(CC)Cn1c(O)c(/N=N/c2cccc3c2C(=O)c2c(Cl)cccc2C3=O)c(C)c(C#N)c1=O. The molecule has 0 aliphatic heterocycles. The number of nitrogens with zero attached hydrogens (tertiary/aromatic N) is 4. The van der Waals surface area contributed by atoms with Gasteiger partial charge in [0.25, 0.3) is 5.56 Å². The normalized spacial score (nSPS) is 13.3. The summed E-state index contributed by atoms with van der Waals surface area (Å²) >= 11 is 6.26. The van der Waals surface area contributed by atoms with Crippen LogP contribution in [0.5, 0.6) is 5.88 Å². The Kier molecular flexibility index (Phi) is 7.88. The molecule has 9 heteroatoms. The fourth-order valence-corrected chi connectivity index (χ4v) is 5.03. The zero-order valence-electron chi connectivity index (χ0n) is 21.4. The van der Waals surface area contributed by atoms with Gasteiger partial charge in [0.15, 0.2) is 17.3 Å². The predicted molar refractivity (Wildman–Crippen MR) is 144 cm³/mol. The van der Waals surface area contributed by atoms with Crippen molar-refractivity contribution >= 4 is 34.5 Å². The maximum absolute atomic E-state index is 13.4. The molecule has 1 atom stereocenters. The minimum atomic E-state index is -0.583. The van der Waals surface area contributed by atoms with Crippen LogP contribution in [0, 0.1) is 24.2 Å². The van der Waals surface area contributed by atoms with Crippen molar-refractivity contribution in [2.45, 2.75) is 53.0 Å². The summed E-state index contributed by atoms with van der Waals surface area (Å²) < 4.78 is 1.18. The number of nitriles is 1. The van der Waals surface area contributed by atoms with Crippen LogP contribution in [0.25, 0.3) is 0 Å². The fourth-order valence-electron chi connectivity index (χ4n) is 4.77. The molecular formula is C29H27ClN4O4. The molecule has 4 rings (SSSR count). The van der Waals surface area contributed by atoms with Gasteiger partial charge in [-0.2, -0.15) is 5.26 Å². The number of hydrogen-bond acceptors (Lipinski definition) is 7. The van der Waals surface area contributed by atoms with Gasteiger partial charge in [-0.05, 0) is 31.4 Å². The molecule has 1 heterocycles. The van der Waals surface area contributed by atoms with E-state index in [1.165, 1.54) is 23.6 Å². The van der Waals surface area contributed by atoms with Crippen LogP contribution in [-0.2, 0) is 6.54 Å². The van der Waals surface area contributed by atoms with E-state index in [-0.39, 0.29) is 68.0 Å². The number of benzene rings is 2. The molecular weight excluding hydrogens is 504 g/mol. The van der Waals surface area contributed by atoms with Crippen LogP contribution in [0.2, 0.25) is 5.02 Å². The first-order valence-corrected chi connectivity index (χ1v) is 12.9. The lowest BCUT2D eigenvalue weighted by Crippen LogP contribution is -2.27. The minimum absolute atomic E-state index is 0.0443. The lowest BCUT2D eigenvalue weighted by Gasteiger charge is -2.20. The third-order valence-electron chi connectivity index (χ3n) is 7.01. The van der Waals surface area contributed by atoms with Crippen LogP contribution < -0.4 is 5.56 Å². The van der Waals surface area contributed by atoms with Gasteiger partial charge in [-0.1, -0.05) is 69.0 Å². The number of aromatic nitrogens is 1. The van der Waals surface area contributed by atoms with Gasteiger partial charge in [-0.15, -0.1) is 10.2 Å². The van der Waals surface area contributed by atoms with E-state index < -0.39 is 17.2 Å². The molecule has 1 aromatic heterocycles. The Hall–Kier alpha value is -4.09. The van der Waals surface area contributed by atoms with Crippen LogP contribution >= 0.6 is 11.6 Å². The van der Waals surface area contributed by atoms with Crippen LogP contribution in [0.15, 0.2) is 51.4 Å². The summed E-state index contributed by atoms with van der Waals surface area (Å²) in [6.45, 7) is 5.85. The van der Waals surface area contributed by atoms with E-state index in [1.54, 1.807) is 24.3 Å². The Balaban J connectivity index is 1.82. The molecule has 3 aromatic rings. The number of rotatable bonds is 8. The van der Waals surface area contributed by atoms with E-state index in [2.05, 4.69) is 17.2 Å². The highest BCUT2D eigenvalue weighted by Crippen LogP contribution is 2.38. The molecule has 0 bridgehead atoms. The number of fused-ring (bicyclic) bond motifs is 2. The highest BCUT2D eigenvalue weighted by molar-refractivity contribution is 6.39. The molecule has 0 radical (unpaired) electrons. The summed E-state index contributed by atoms with van der Waals surface area (Å²) in [6.07, 6.45) is 3.67. The van der Waals surface area contributed by atoms with E-state index in [4.69, 9.17) is 11.6 Å². The zero-order chi connectivity index (χ0) is 27.6. The van der Waals surface area contributed by atoms with Crippen molar-refractivity contribution in [1.82, 2.24) is 4.57 Å². The third kappa shape index (κ3) is 4.66. The van der Waals surface area contributed by atoms with Crippen molar-refractivity contribution in [2.24, 2.45) is 16.1 Å². The van der Waals surface area contributed by atoms with Crippen molar-refractivity contribution in [3.8, 4) is 11.9 Å². The van der Waals surface area contributed by atoms with E-state index in [0.29, 0.717) is 0 Å². The van der Waals surface area contributed by atoms with Crippen LogP contribution in [-0.4, -0.2) is 21.2 Å². The number of carbonyl (C=O) groups is 2. The van der Waals surface area contributed by atoms with Crippen LogP contribution in [0.4, 0.5) is 11.4 Å². The monoisotopic (exact) mass is 530 g/mol. The van der Waals surface area contributed by atoms with Crippen molar-refractivity contribution < 1.29 is 14.7 Å². The van der Waals surface area contributed by atoms with Crippen LogP contribution in [0.3, 0.4) is 0 Å². The predicted octanol–water partition coefficient (Wildman–Crippen LogP) is 6.79. The molecule has 0 saturated heterocycles. The summed E-state index contributed by atoms with van der Waals surface area (Å²) in [5, 5.41) is 29.3. The molecule has 0 fully saturated rings. The molecule has 0 spiro atoms. The second kappa shape index (κ2) is 11.1. The van der Waals surface area contributed by atoms with Crippen molar-refractivity contribution in [1.29, 1.82) is 5.26 Å². The Morgan fingerprint density at radius 2 is 1.71 bits per heavy atom. The number of hydrogen-bond donors (Lipinski definition) is 1. The molecule has 38 heavy (non-hydrogen) atoms. The maximum Gasteiger partial charge on any atom is 0.271 e. The summed E-state index contributed by atoms with van der Waals surface area (Å²) in [5.41, 5.74) is 0.0723. The van der Waals surface area contributed by atoms with Gasteiger partial charge < -0.3 is 5.11 Å². The molecule has 0 saturated carbocycles. The average molecular weight is 531 g/mol. The van der Waals surface area contributed by atoms with E-state index in [9.17, 15) is 24.8 Å². The first-order chi connectivity index (χ1) is 18.2. The Bertz CT molecular complexity index is 1580. The van der Waals surface area contributed by atoms with Gasteiger partial charge in [0.1, 0.15) is 11.6 Å². The van der Waals surface area contributed by atoms with Crippen molar-refractivity contribution in [2.75, 3.05) is 0 Å². The summed E-state index contributed by atoms with van der Waals surface area (Å²) in [6, 6.07) is 11.3. The van der Waals surface area contributed by atoms with Gasteiger partial charge in [0, 0.05) is 23.2 Å². The lowest BCUT2D eigenvalue weighted by molar-refractivity contribution is 0.0979. The Morgan fingerprint density at radius 1 is 1.03 bits per heavy atom. The second-order valence-corrected chi connectivity index (χ2v) is 9.74. The van der Waals surface area contributed by atoms with E-state index >= 15 is 0 Å². The first kappa shape index (κ1) is 27.0. The standard InChI is InChI=1S/C29H27ClN4O4/c1-4-6-9-17(5-2)15-34-28(37)20(14-31)16(3)25(29(34)38)33-32-22-13-8-11-19-24(22)27(36)23-18(26(19)35)10-7-12-21(23)30/h7-8,10-13,17,38H,4-6,9,15H2,1-3H3/b33-32+. The summed E-state index contributed by atoms with van der Waals surface area (Å²) in [7, 11) is 0. The number of aromatic hydroxyl groups is 1. The Labute approximate surface area is 225 Å². The zero-order valence-corrected chi connectivity index (χ0v) is 22.2. The average Bonchev–Trinajstić information content (AvgIpc) is 2.91. The van der Waals surface area contributed by atoms with Crippen molar-refractivity contribution in [3.05, 3.63) is 85.2 Å². The second-order valence-electron chi connectivity index (χ2n) is 9.34. The van der Waals surface area contributed by atoms with Gasteiger partial charge in [-0.25, -0.2) is 0 Å². The quantitative estimate of drug-likeness (QED) is 0.251. The molecule has 1 aliphatic carbocycles. The van der Waals surface area contributed by atoms with Crippen LogP contribution in [0.1, 0.15) is 82.5 Å². The maximum atomic E-state index is 13.4. The summed E-state index contributed by atoms with van der Waals surface area (Å²) in [4.78, 5) is 39.5. The van der Waals surface area contributed by atoms with Gasteiger partial charge in [0.05, 0.1) is 21.8 Å².